The molecule has 1 heterocycles. The molecule has 8 heteroatoms. The van der Waals surface area contributed by atoms with Gasteiger partial charge in [-0.1, -0.05) is 0 Å². The fraction of sp³-hybridized carbons (Fsp3) is 0.556. The summed E-state index contributed by atoms with van der Waals surface area (Å²) in [4.78, 5) is 15.7. The number of nitrogens with zero attached hydrogens (tertiary/aromatic N) is 1. The molecule has 96 valence electrons. The molecule has 0 spiro atoms. The number of hydrogen-bond acceptors (Lipinski definition) is 5. The molecule has 4 nitrogen and oxygen atoms in total. The predicted octanol–water partition coefficient (Wildman–Crippen LogP) is 2.60. The van der Waals surface area contributed by atoms with Gasteiger partial charge in [0.1, 0.15) is 0 Å². The van der Waals surface area contributed by atoms with Crippen molar-refractivity contribution in [2.24, 2.45) is 0 Å². The number of rotatable bonds is 4. The van der Waals surface area contributed by atoms with Gasteiger partial charge in [-0.2, -0.15) is 13.2 Å². The lowest BCUT2D eigenvalue weighted by Gasteiger charge is -2.05. The van der Waals surface area contributed by atoms with Crippen LogP contribution in [0.25, 0.3) is 0 Å². The number of esters is 1. The highest BCUT2D eigenvalue weighted by Gasteiger charge is 2.26. The minimum absolute atomic E-state index is 0.131. The van der Waals surface area contributed by atoms with Crippen LogP contribution in [-0.4, -0.2) is 30.8 Å². The third kappa shape index (κ3) is 4.22. The molecule has 1 aromatic heterocycles. The van der Waals surface area contributed by atoms with Crippen LogP contribution in [0.15, 0.2) is 0 Å². The van der Waals surface area contributed by atoms with E-state index >= 15 is 0 Å². The molecule has 0 aliphatic rings. The topological polar surface area (TPSA) is 51.2 Å². The number of anilines is 1. The van der Waals surface area contributed by atoms with E-state index in [0.29, 0.717) is 4.88 Å². The van der Waals surface area contributed by atoms with E-state index in [1.165, 1.54) is 7.11 Å². The number of ether oxygens (including phenoxy) is 1. The zero-order chi connectivity index (χ0) is 13.1. The van der Waals surface area contributed by atoms with E-state index in [1.54, 1.807) is 6.92 Å². The maximum atomic E-state index is 11.9. The summed E-state index contributed by atoms with van der Waals surface area (Å²) >= 11 is 1.12. The van der Waals surface area contributed by atoms with E-state index in [1.807, 2.05) is 0 Å². The van der Waals surface area contributed by atoms with Gasteiger partial charge < -0.3 is 10.1 Å². The van der Waals surface area contributed by atoms with Crippen LogP contribution in [0, 0.1) is 6.92 Å². The van der Waals surface area contributed by atoms with E-state index in [0.717, 1.165) is 11.3 Å². The normalized spacial score (nSPS) is 11.4. The Morgan fingerprint density at radius 1 is 1.53 bits per heavy atom. The van der Waals surface area contributed by atoms with Crippen molar-refractivity contribution >= 4 is 22.4 Å². The Balaban J connectivity index is 2.59. The van der Waals surface area contributed by atoms with Gasteiger partial charge in [0.15, 0.2) is 10.8 Å². The van der Waals surface area contributed by atoms with Crippen LogP contribution >= 0.6 is 11.3 Å². The van der Waals surface area contributed by atoms with Gasteiger partial charge in [0.2, 0.25) is 0 Å². The van der Waals surface area contributed by atoms with E-state index in [-0.39, 0.29) is 17.4 Å². The number of nitrogens with one attached hydrogen (secondary N) is 1. The number of carbonyl (C=O) groups excluding carboxylic acids is 1. The first-order valence-electron chi connectivity index (χ1n) is 4.70. The molecule has 0 bridgehead atoms. The number of alkyl halides is 3. The summed E-state index contributed by atoms with van der Waals surface area (Å²) in [6.45, 7) is 1.38. The second-order valence-corrected chi connectivity index (χ2v) is 4.41. The SMILES string of the molecule is COC(=O)c1nc(NCCC(F)(F)F)sc1C. The van der Waals surface area contributed by atoms with Crippen molar-refractivity contribution < 1.29 is 22.7 Å². The van der Waals surface area contributed by atoms with Crippen LogP contribution in [-0.2, 0) is 4.74 Å². The van der Waals surface area contributed by atoms with Crippen LogP contribution in [0.5, 0.6) is 0 Å². The summed E-state index contributed by atoms with van der Waals surface area (Å²) in [7, 11) is 1.22. The van der Waals surface area contributed by atoms with Crippen molar-refractivity contribution in [1.29, 1.82) is 0 Å². The van der Waals surface area contributed by atoms with Crippen molar-refractivity contribution in [2.75, 3.05) is 19.0 Å². The maximum Gasteiger partial charge on any atom is 0.390 e. The molecule has 0 saturated heterocycles. The molecule has 0 fully saturated rings. The van der Waals surface area contributed by atoms with Crippen molar-refractivity contribution in [2.45, 2.75) is 19.5 Å². The Hall–Kier alpha value is -1.31. The highest BCUT2D eigenvalue weighted by atomic mass is 32.1. The second kappa shape index (κ2) is 5.35. The lowest BCUT2D eigenvalue weighted by Crippen LogP contribution is -2.14. The molecular weight excluding hydrogens is 257 g/mol. The minimum atomic E-state index is -4.20. The van der Waals surface area contributed by atoms with Gasteiger partial charge in [-0.15, -0.1) is 11.3 Å². The molecule has 0 aromatic carbocycles. The number of aromatic nitrogens is 1. The number of aryl methyl sites for hydroxylation is 1. The Labute approximate surface area is 99.8 Å². The van der Waals surface area contributed by atoms with E-state index in [2.05, 4.69) is 15.0 Å². The number of halogens is 3. The quantitative estimate of drug-likeness (QED) is 0.853. The molecule has 0 aliphatic carbocycles. The van der Waals surface area contributed by atoms with Crippen LogP contribution < -0.4 is 5.32 Å². The maximum absolute atomic E-state index is 11.9. The molecule has 0 aliphatic heterocycles. The Morgan fingerprint density at radius 2 is 2.18 bits per heavy atom. The largest absolute Gasteiger partial charge is 0.464 e. The molecule has 1 aromatic rings. The predicted molar refractivity (Wildman–Crippen MR) is 57.4 cm³/mol. The van der Waals surface area contributed by atoms with Crippen molar-refractivity contribution in [3.05, 3.63) is 10.6 Å². The Kier molecular flexibility index (Phi) is 4.33. The van der Waals surface area contributed by atoms with Gasteiger partial charge >= 0.3 is 12.1 Å². The number of carbonyl (C=O) groups is 1. The molecule has 17 heavy (non-hydrogen) atoms. The summed E-state index contributed by atoms with van der Waals surface area (Å²) in [5.41, 5.74) is 0.131. The number of hydrogen-bond donors (Lipinski definition) is 1. The lowest BCUT2D eigenvalue weighted by atomic mass is 10.4. The van der Waals surface area contributed by atoms with Crippen molar-refractivity contribution in [3.8, 4) is 0 Å². The number of thiazole rings is 1. The molecule has 0 saturated carbocycles. The summed E-state index contributed by atoms with van der Waals surface area (Å²) in [5, 5.41) is 2.81. The van der Waals surface area contributed by atoms with Gasteiger partial charge in [-0.3, -0.25) is 0 Å². The molecule has 0 radical (unpaired) electrons. The van der Waals surface area contributed by atoms with Crippen LogP contribution in [0.1, 0.15) is 21.8 Å². The fourth-order valence-corrected chi connectivity index (χ4v) is 1.90. The summed E-state index contributed by atoms with van der Waals surface area (Å²) in [6, 6.07) is 0. The fourth-order valence-electron chi connectivity index (χ4n) is 1.07. The summed E-state index contributed by atoms with van der Waals surface area (Å²) in [6.07, 6.45) is -5.15. The minimum Gasteiger partial charge on any atom is -0.464 e. The van der Waals surface area contributed by atoms with Crippen LogP contribution in [0.3, 0.4) is 0 Å². The second-order valence-electron chi connectivity index (χ2n) is 3.21. The van der Waals surface area contributed by atoms with E-state index in [9.17, 15) is 18.0 Å². The first-order valence-corrected chi connectivity index (χ1v) is 5.51. The Morgan fingerprint density at radius 3 is 2.71 bits per heavy atom. The standard InChI is InChI=1S/C9H11F3N2O2S/c1-5-6(7(15)16-2)14-8(17-5)13-4-3-9(10,11)12/h3-4H2,1-2H3,(H,13,14). The van der Waals surface area contributed by atoms with Gasteiger partial charge in [0, 0.05) is 11.4 Å². The smallest absolute Gasteiger partial charge is 0.390 e. The summed E-state index contributed by atoms with van der Waals surface area (Å²) < 4.78 is 40.2. The van der Waals surface area contributed by atoms with Gasteiger partial charge in [-0.25, -0.2) is 9.78 Å². The first-order chi connectivity index (χ1) is 7.83. The molecular formula is C9H11F3N2O2S. The van der Waals surface area contributed by atoms with Gasteiger partial charge in [-0.05, 0) is 6.92 Å². The Bertz CT molecular complexity index is 403. The highest BCUT2D eigenvalue weighted by molar-refractivity contribution is 7.15. The highest BCUT2D eigenvalue weighted by Crippen LogP contribution is 2.24. The third-order valence-corrected chi connectivity index (χ3v) is 2.79. The van der Waals surface area contributed by atoms with E-state index in [4.69, 9.17) is 0 Å². The van der Waals surface area contributed by atoms with E-state index < -0.39 is 18.6 Å². The van der Waals surface area contributed by atoms with Gasteiger partial charge in [0.05, 0.1) is 13.5 Å². The average Bonchev–Trinajstić information content (AvgIpc) is 2.57. The summed E-state index contributed by atoms with van der Waals surface area (Å²) in [5.74, 6) is -0.595. The average molecular weight is 268 g/mol. The number of methoxy groups -OCH3 is 1. The molecule has 1 N–H and O–H groups in total. The molecule has 0 unspecified atom stereocenters. The lowest BCUT2D eigenvalue weighted by molar-refractivity contribution is -0.131. The molecule has 1 rings (SSSR count). The van der Waals surface area contributed by atoms with Crippen molar-refractivity contribution in [1.82, 2.24) is 4.98 Å². The van der Waals surface area contributed by atoms with Gasteiger partial charge in [0.25, 0.3) is 0 Å². The zero-order valence-electron chi connectivity index (χ0n) is 9.22. The van der Waals surface area contributed by atoms with Crippen molar-refractivity contribution in [3.63, 3.8) is 0 Å². The monoisotopic (exact) mass is 268 g/mol. The molecule has 0 atom stereocenters. The third-order valence-electron chi connectivity index (χ3n) is 1.86. The molecule has 0 amide bonds. The van der Waals surface area contributed by atoms with Crippen LogP contribution in [0.4, 0.5) is 18.3 Å². The zero-order valence-corrected chi connectivity index (χ0v) is 10.0. The van der Waals surface area contributed by atoms with Crippen LogP contribution in [0.2, 0.25) is 0 Å². The first kappa shape index (κ1) is 13.8.